The van der Waals surface area contributed by atoms with E-state index in [0.29, 0.717) is 0 Å². The predicted octanol–water partition coefficient (Wildman–Crippen LogP) is 9.23. The highest BCUT2D eigenvalue weighted by molar-refractivity contribution is 4.61. The minimum atomic E-state index is 0. The molecule has 0 aliphatic heterocycles. The maximum Gasteiger partial charge on any atom is 0.0809 e. The van der Waals surface area contributed by atoms with Crippen LogP contribution in [0.25, 0.3) is 0 Å². The molecule has 0 atom stereocenters. The molecule has 0 aromatic heterocycles. The van der Waals surface area contributed by atoms with Crippen LogP contribution in [0.2, 0.25) is 0 Å². The quantitative estimate of drug-likeness (QED) is 0.0553. The van der Waals surface area contributed by atoms with Crippen LogP contribution in [-0.4, -0.2) is 37.6 Å². The molecule has 2 nitrogen and oxygen atoms in total. The van der Waals surface area contributed by atoms with Crippen LogP contribution in [0.3, 0.4) is 0 Å². The molecule has 2 N–H and O–H groups in total. The fourth-order valence-electron chi connectivity index (χ4n) is 6.36. The molecular weight excluding hydrogens is 510 g/mol. The van der Waals surface area contributed by atoms with E-state index in [1.807, 2.05) is 0 Å². The molecule has 0 aliphatic rings. The maximum absolute atomic E-state index is 2.39. The smallest absolute Gasteiger partial charge is 0.0809 e. The summed E-state index contributed by atoms with van der Waals surface area (Å²) in [6.45, 7) is 5.99. The number of rotatable bonds is 32. The molecule has 0 saturated carbocycles. The third-order valence-corrected chi connectivity index (χ3v) is 8.74. The summed E-state index contributed by atoms with van der Waals surface area (Å²) in [5.41, 5.74) is 0. The van der Waals surface area contributed by atoms with Gasteiger partial charge in [-0.3, -0.25) is 0 Å². The number of nitrogens with zero attached hydrogens (tertiary/aromatic N) is 1. The summed E-state index contributed by atoms with van der Waals surface area (Å²) in [4.78, 5) is 0. The van der Waals surface area contributed by atoms with Gasteiger partial charge in [-0.25, -0.2) is 0 Å². The van der Waals surface area contributed by atoms with E-state index in [2.05, 4.69) is 35.0 Å². The van der Waals surface area contributed by atoms with Gasteiger partial charge in [0.25, 0.3) is 0 Å². The molecule has 0 radical (unpaired) electrons. The van der Waals surface area contributed by atoms with Crippen molar-refractivity contribution in [2.75, 3.05) is 27.7 Å². The normalized spacial score (nSPS) is 11.6. The largest absolute Gasteiger partial charge is 1.00 e. The molecule has 0 spiro atoms. The average Bonchev–Trinajstić information content (AvgIpc) is 2.88. The first-order valence-corrected chi connectivity index (χ1v) is 18.3. The van der Waals surface area contributed by atoms with Crippen molar-refractivity contribution in [3.8, 4) is 0 Å². The Kier molecular flexibility index (Phi) is 39.5. The first kappa shape index (κ1) is 44.6. The first-order chi connectivity index (χ1) is 18.5. The Morgan fingerprint density at radius 3 is 0.750 bits per heavy atom. The molecule has 0 rings (SSSR count). The van der Waals surface area contributed by atoms with E-state index in [4.69, 9.17) is 0 Å². The topological polar surface area (TPSA) is 31.5 Å². The number of quaternary nitrogens is 1. The zero-order valence-corrected chi connectivity index (χ0v) is 29.6. The molecule has 0 unspecified atom stereocenters. The molecule has 0 heterocycles. The van der Waals surface area contributed by atoms with E-state index in [-0.39, 0.29) is 17.9 Å². The van der Waals surface area contributed by atoms with E-state index >= 15 is 0 Å². The van der Waals surface area contributed by atoms with Gasteiger partial charge in [0.05, 0.1) is 27.7 Å². The summed E-state index contributed by atoms with van der Waals surface area (Å²) in [6.07, 6.45) is 44.1. The lowest BCUT2D eigenvalue weighted by Gasteiger charge is -2.29. The van der Waals surface area contributed by atoms with Crippen molar-refractivity contribution in [1.29, 1.82) is 0 Å². The van der Waals surface area contributed by atoms with Crippen molar-refractivity contribution in [1.82, 2.24) is 0 Å². The zero-order chi connectivity index (χ0) is 28.0. The highest BCUT2D eigenvalue weighted by atomic mass is 35.5. The van der Waals surface area contributed by atoms with E-state index in [1.165, 1.54) is 199 Å². The fraction of sp³-hybridized carbons (Fsp3) is 1.00. The Morgan fingerprint density at radius 2 is 0.550 bits per heavy atom. The monoisotopic (exact) mass is 590 g/mol. The van der Waals surface area contributed by atoms with E-state index in [1.54, 1.807) is 0 Å². The van der Waals surface area contributed by atoms with Gasteiger partial charge in [0.1, 0.15) is 0 Å². The van der Waals surface area contributed by atoms with Crippen molar-refractivity contribution in [3.05, 3.63) is 0 Å². The number of unbranched alkanes of at least 4 members (excludes halogenated alkanes) is 26. The SMILES string of the molecule is CCCCCCCCCCCCCCCCC(CCCCCCCCCCCCCCCC)C[N+](C)(C)C.O.[Cl-]. The summed E-state index contributed by atoms with van der Waals surface area (Å²) in [5, 5.41) is 0. The molecule has 0 saturated heterocycles. The third kappa shape index (κ3) is 38.2. The van der Waals surface area contributed by atoms with Crippen molar-refractivity contribution in [2.24, 2.45) is 5.92 Å². The Balaban J connectivity index is -0.00000684. The van der Waals surface area contributed by atoms with Crippen LogP contribution < -0.4 is 12.4 Å². The van der Waals surface area contributed by atoms with Crippen LogP contribution in [0.5, 0.6) is 0 Å². The third-order valence-electron chi connectivity index (χ3n) is 8.74. The molecule has 0 aromatic carbocycles. The Labute approximate surface area is 261 Å². The second-order valence-electron chi connectivity index (χ2n) is 14.1. The zero-order valence-electron chi connectivity index (χ0n) is 28.8. The summed E-state index contributed by atoms with van der Waals surface area (Å²) in [7, 11) is 7.18. The number of halogens is 1. The van der Waals surface area contributed by atoms with Crippen LogP contribution in [0.4, 0.5) is 0 Å². The molecule has 40 heavy (non-hydrogen) atoms. The fourth-order valence-corrected chi connectivity index (χ4v) is 6.36. The number of hydrogen-bond acceptors (Lipinski definition) is 0. The lowest BCUT2D eigenvalue weighted by atomic mass is 9.93. The highest BCUT2D eigenvalue weighted by Gasteiger charge is 2.17. The molecule has 0 fully saturated rings. The van der Waals surface area contributed by atoms with Gasteiger partial charge in [0.2, 0.25) is 0 Å². The first-order valence-electron chi connectivity index (χ1n) is 18.3. The lowest BCUT2D eigenvalue weighted by Crippen LogP contribution is -3.00. The van der Waals surface area contributed by atoms with E-state index < -0.39 is 0 Å². The van der Waals surface area contributed by atoms with Gasteiger partial charge in [-0.05, 0) is 12.8 Å². The van der Waals surface area contributed by atoms with Crippen LogP contribution in [0.1, 0.15) is 206 Å². The summed E-state index contributed by atoms with van der Waals surface area (Å²) in [5.74, 6) is 0.949. The van der Waals surface area contributed by atoms with Crippen LogP contribution >= 0.6 is 0 Å². The lowest BCUT2D eigenvalue weighted by molar-refractivity contribution is -0.874. The van der Waals surface area contributed by atoms with Gasteiger partial charge in [0, 0.05) is 5.92 Å². The van der Waals surface area contributed by atoms with E-state index in [0.717, 1.165) is 10.4 Å². The maximum atomic E-state index is 2.39. The summed E-state index contributed by atoms with van der Waals surface area (Å²) in [6, 6.07) is 0. The summed E-state index contributed by atoms with van der Waals surface area (Å²) >= 11 is 0. The van der Waals surface area contributed by atoms with Gasteiger partial charge in [-0.1, -0.05) is 194 Å². The minimum Gasteiger partial charge on any atom is -1.00 e. The molecule has 0 aromatic rings. The molecule has 3 heteroatoms. The standard InChI is InChI=1S/C37H78N.ClH.H2O/c1-6-8-10-12-14-16-18-20-22-24-26-28-30-32-34-37(36-38(3,4)5)35-33-31-29-27-25-23-21-19-17-15-13-11-9-7-2;;/h37H,6-36H2,1-5H3;1H;1H2/q+1;;/p-1. The van der Waals surface area contributed by atoms with Crippen molar-refractivity contribution >= 4 is 0 Å². The van der Waals surface area contributed by atoms with Gasteiger partial charge in [0.15, 0.2) is 0 Å². The molecule has 0 aliphatic carbocycles. The summed E-state index contributed by atoms with van der Waals surface area (Å²) < 4.78 is 1.14. The predicted molar refractivity (Wildman–Crippen MR) is 180 cm³/mol. The van der Waals surface area contributed by atoms with Crippen molar-refractivity contribution in [3.63, 3.8) is 0 Å². The van der Waals surface area contributed by atoms with Gasteiger partial charge in [-0.15, -0.1) is 0 Å². The average molecular weight is 591 g/mol. The molecule has 0 bridgehead atoms. The minimum absolute atomic E-state index is 0. The number of hydrogen-bond donors (Lipinski definition) is 0. The molecule has 0 amide bonds. The van der Waals surface area contributed by atoms with Crippen molar-refractivity contribution in [2.45, 2.75) is 206 Å². The molecular formula is C37H80ClNO. The Bertz CT molecular complexity index is 404. The van der Waals surface area contributed by atoms with Crippen LogP contribution in [0.15, 0.2) is 0 Å². The molecule has 246 valence electrons. The van der Waals surface area contributed by atoms with Gasteiger partial charge >= 0.3 is 0 Å². The second kappa shape index (κ2) is 35.4. The van der Waals surface area contributed by atoms with Gasteiger partial charge in [-0.2, -0.15) is 0 Å². The Hall–Kier alpha value is 0.210. The second-order valence-corrected chi connectivity index (χ2v) is 14.1. The Morgan fingerprint density at radius 1 is 0.350 bits per heavy atom. The highest BCUT2D eigenvalue weighted by Crippen LogP contribution is 2.22. The van der Waals surface area contributed by atoms with Gasteiger partial charge < -0.3 is 22.4 Å². The van der Waals surface area contributed by atoms with Crippen LogP contribution in [-0.2, 0) is 0 Å². The van der Waals surface area contributed by atoms with Crippen molar-refractivity contribution < 1.29 is 22.4 Å². The van der Waals surface area contributed by atoms with E-state index in [9.17, 15) is 0 Å². The van der Waals surface area contributed by atoms with Crippen LogP contribution in [0, 0.1) is 5.92 Å².